The second-order valence-corrected chi connectivity index (χ2v) is 9.98. The molecule has 10 heteroatoms. The third kappa shape index (κ3) is 3.67. The number of rotatable bonds is 3. The number of anilines is 1. The molecule has 1 unspecified atom stereocenters. The number of benzene rings is 1. The number of H-pyrrole nitrogens is 2. The fourth-order valence-corrected chi connectivity index (χ4v) is 6.44. The number of carbonyl (C=O) groups is 1. The molecule has 0 saturated carbocycles. The summed E-state index contributed by atoms with van der Waals surface area (Å²) in [6, 6.07) is 7.34. The highest BCUT2D eigenvalue weighted by Gasteiger charge is 2.34. The molecule has 2 aromatic heterocycles. The van der Waals surface area contributed by atoms with Gasteiger partial charge in [-0.15, -0.1) is 11.8 Å². The molecule has 162 valence electrons. The SMILES string of the molecule is COc1ccc2[nH]c(=O)c(C3SCC(=O)Nc4c3c(=O)[nH]n4C3CCSCC3)cc2c1. The van der Waals surface area contributed by atoms with Crippen LogP contribution in [-0.4, -0.2) is 45.0 Å². The van der Waals surface area contributed by atoms with E-state index in [2.05, 4.69) is 15.4 Å². The minimum absolute atomic E-state index is 0.126. The highest BCUT2D eigenvalue weighted by Crippen LogP contribution is 2.41. The van der Waals surface area contributed by atoms with Crippen LogP contribution in [0.15, 0.2) is 33.9 Å². The van der Waals surface area contributed by atoms with E-state index >= 15 is 0 Å². The number of fused-ring (bicyclic) bond motifs is 2. The van der Waals surface area contributed by atoms with Crippen molar-refractivity contribution in [1.82, 2.24) is 14.8 Å². The zero-order valence-corrected chi connectivity index (χ0v) is 18.5. The average molecular weight is 459 g/mol. The number of amides is 1. The quantitative estimate of drug-likeness (QED) is 0.557. The molecule has 0 aliphatic carbocycles. The maximum atomic E-state index is 13.1. The van der Waals surface area contributed by atoms with Gasteiger partial charge in [0.2, 0.25) is 5.91 Å². The van der Waals surface area contributed by atoms with E-state index in [1.807, 2.05) is 22.5 Å². The number of nitrogens with one attached hydrogen (secondary N) is 3. The molecule has 0 spiro atoms. The van der Waals surface area contributed by atoms with Crippen molar-refractivity contribution in [2.75, 3.05) is 29.7 Å². The lowest BCUT2D eigenvalue weighted by Crippen LogP contribution is -2.22. The predicted octanol–water partition coefficient (Wildman–Crippen LogP) is 2.87. The van der Waals surface area contributed by atoms with E-state index in [4.69, 9.17) is 4.74 Å². The summed E-state index contributed by atoms with van der Waals surface area (Å²) in [7, 11) is 1.59. The van der Waals surface area contributed by atoms with Gasteiger partial charge >= 0.3 is 0 Å². The molecular formula is C21H22N4O4S2. The van der Waals surface area contributed by atoms with Crippen molar-refractivity contribution in [1.29, 1.82) is 0 Å². The monoisotopic (exact) mass is 458 g/mol. The standard InChI is InChI=1S/C21H22N4O4S2/c1-29-13-2-3-15-11(8-13)9-14(20(27)22-15)18-17-19(23-16(26)10-31-18)25(24-21(17)28)12-4-6-30-7-5-12/h2-3,8-9,12,18H,4-7,10H2,1H3,(H,22,27)(H,23,26)(H,24,28). The highest BCUT2D eigenvalue weighted by molar-refractivity contribution is 8.00. The summed E-state index contributed by atoms with van der Waals surface area (Å²) in [5.41, 5.74) is 1.04. The summed E-state index contributed by atoms with van der Waals surface area (Å²) >= 11 is 3.19. The number of ether oxygens (including phenoxy) is 1. The zero-order valence-electron chi connectivity index (χ0n) is 16.9. The van der Waals surface area contributed by atoms with E-state index in [-0.39, 0.29) is 28.8 Å². The summed E-state index contributed by atoms with van der Waals surface area (Å²) in [4.78, 5) is 41.4. The summed E-state index contributed by atoms with van der Waals surface area (Å²) in [5, 5.41) is 6.10. The first-order valence-electron chi connectivity index (χ1n) is 10.1. The van der Waals surface area contributed by atoms with E-state index in [1.165, 1.54) is 11.8 Å². The Kier molecular flexibility index (Phi) is 5.35. The second-order valence-electron chi connectivity index (χ2n) is 7.66. The first-order valence-corrected chi connectivity index (χ1v) is 12.3. The Morgan fingerprint density at radius 1 is 1.10 bits per heavy atom. The topological polar surface area (TPSA) is 109 Å². The smallest absolute Gasteiger partial charge is 0.270 e. The van der Waals surface area contributed by atoms with Crippen molar-refractivity contribution < 1.29 is 9.53 Å². The zero-order chi connectivity index (χ0) is 21.5. The Hall–Kier alpha value is -2.59. The molecule has 1 saturated heterocycles. The first kappa shape index (κ1) is 20.3. The van der Waals surface area contributed by atoms with Crippen LogP contribution < -0.4 is 21.2 Å². The van der Waals surface area contributed by atoms with Crippen molar-refractivity contribution in [3.05, 3.63) is 56.1 Å². The van der Waals surface area contributed by atoms with Gasteiger partial charge in [-0.05, 0) is 48.6 Å². The first-order chi connectivity index (χ1) is 15.0. The second kappa shape index (κ2) is 8.16. The van der Waals surface area contributed by atoms with Gasteiger partial charge in [-0.3, -0.25) is 24.2 Å². The van der Waals surface area contributed by atoms with Crippen LogP contribution in [0.3, 0.4) is 0 Å². The number of aromatic nitrogens is 3. The lowest BCUT2D eigenvalue weighted by Gasteiger charge is -2.24. The van der Waals surface area contributed by atoms with Gasteiger partial charge in [-0.25, -0.2) is 0 Å². The molecule has 4 heterocycles. The molecule has 31 heavy (non-hydrogen) atoms. The van der Waals surface area contributed by atoms with Gasteiger partial charge in [-0.2, -0.15) is 11.8 Å². The highest BCUT2D eigenvalue weighted by atomic mass is 32.2. The number of methoxy groups -OCH3 is 1. The largest absolute Gasteiger partial charge is 0.497 e. The Bertz CT molecular complexity index is 1270. The van der Waals surface area contributed by atoms with Gasteiger partial charge in [0.15, 0.2) is 0 Å². The number of hydrogen-bond donors (Lipinski definition) is 3. The van der Waals surface area contributed by atoms with E-state index < -0.39 is 5.25 Å². The van der Waals surface area contributed by atoms with Crippen LogP contribution in [0.1, 0.15) is 35.3 Å². The molecule has 5 rings (SSSR count). The average Bonchev–Trinajstić information content (AvgIpc) is 2.99. The Balaban J connectivity index is 1.67. The lowest BCUT2D eigenvalue weighted by atomic mass is 10.0. The van der Waals surface area contributed by atoms with Gasteiger partial charge < -0.3 is 15.0 Å². The van der Waals surface area contributed by atoms with Crippen molar-refractivity contribution in [2.45, 2.75) is 24.1 Å². The Morgan fingerprint density at radius 3 is 2.68 bits per heavy atom. The normalized spacial score (nSPS) is 19.6. The third-order valence-electron chi connectivity index (χ3n) is 5.78. The van der Waals surface area contributed by atoms with Gasteiger partial charge in [0.25, 0.3) is 11.1 Å². The number of carbonyl (C=O) groups excluding carboxylic acids is 1. The van der Waals surface area contributed by atoms with Crippen molar-refractivity contribution in [3.63, 3.8) is 0 Å². The molecule has 2 aliphatic heterocycles. The molecule has 1 fully saturated rings. The minimum Gasteiger partial charge on any atom is -0.497 e. The summed E-state index contributed by atoms with van der Waals surface area (Å²) in [6.07, 6.45) is 1.84. The van der Waals surface area contributed by atoms with Crippen molar-refractivity contribution in [3.8, 4) is 5.75 Å². The van der Waals surface area contributed by atoms with Crippen LogP contribution in [0.2, 0.25) is 0 Å². The van der Waals surface area contributed by atoms with Crippen LogP contribution in [-0.2, 0) is 4.79 Å². The molecule has 1 atom stereocenters. The van der Waals surface area contributed by atoms with E-state index in [9.17, 15) is 14.4 Å². The number of pyridine rings is 1. The van der Waals surface area contributed by atoms with Gasteiger partial charge in [0.1, 0.15) is 11.6 Å². The molecular weight excluding hydrogens is 436 g/mol. The molecule has 0 bridgehead atoms. The van der Waals surface area contributed by atoms with Crippen LogP contribution in [0, 0.1) is 0 Å². The summed E-state index contributed by atoms with van der Waals surface area (Å²) < 4.78 is 7.12. The van der Waals surface area contributed by atoms with Crippen LogP contribution >= 0.6 is 23.5 Å². The molecule has 2 aliphatic rings. The number of nitrogens with zero attached hydrogens (tertiary/aromatic N) is 1. The molecule has 1 aromatic carbocycles. The van der Waals surface area contributed by atoms with E-state index in [0.717, 1.165) is 29.7 Å². The molecule has 3 N–H and O–H groups in total. The third-order valence-corrected chi connectivity index (χ3v) is 8.08. The fourth-order valence-electron chi connectivity index (χ4n) is 4.23. The Morgan fingerprint density at radius 2 is 1.90 bits per heavy atom. The van der Waals surface area contributed by atoms with Crippen LogP contribution in [0.25, 0.3) is 10.9 Å². The molecule has 8 nitrogen and oxygen atoms in total. The van der Waals surface area contributed by atoms with E-state index in [1.54, 1.807) is 25.3 Å². The number of aromatic amines is 2. The van der Waals surface area contributed by atoms with Gasteiger partial charge in [0, 0.05) is 16.5 Å². The van der Waals surface area contributed by atoms with Crippen molar-refractivity contribution in [2.24, 2.45) is 0 Å². The molecule has 0 radical (unpaired) electrons. The number of thioether (sulfide) groups is 2. The maximum Gasteiger partial charge on any atom is 0.270 e. The maximum absolute atomic E-state index is 13.1. The minimum atomic E-state index is -0.559. The molecule has 1 amide bonds. The Labute approximate surface area is 186 Å². The fraction of sp³-hybridized carbons (Fsp3) is 0.381. The number of hydrogen-bond acceptors (Lipinski definition) is 6. The van der Waals surface area contributed by atoms with E-state index in [0.29, 0.717) is 28.2 Å². The molecule has 3 aromatic rings. The van der Waals surface area contributed by atoms with Crippen molar-refractivity contribution >= 4 is 46.2 Å². The predicted molar refractivity (Wildman–Crippen MR) is 125 cm³/mol. The van der Waals surface area contributed by atoms with Gasteiger partial charge in [-0.1, -0.05) is 0 Å². The van der Waals surface area contributed by atoms with Crippen LogP contribution in [0.5, 0.6) is 5.75 Å². The van der Waals surface area contributed by atoms with Gasteiger partial charge in [0.05, 0.1) is 29.7 Å². The summed E-state index contributed by atoms with van der Waals surface area (Å²) in [5.74, 6) is 3.18. The lowest BCUT2D eigenvalue weighted by molar-refractivity contribution is -0.113. The summed E-state index contributed by atoms with van der Waals surface area (Å²) in [6.45, 7) is 0. The van der Waals surface area contributed by atoms with Crippen LogP contribution in [0.4, 0.5) is 5.82 Å².